The molecule has 0 saturated heterocycles. The van der Waals surface area contributed by atoms with Gasteiger partial charge in [-0.1, -0.05) is 25.1 Å². The minimum absolute atomic E-state index is 0.0455. The van der Waals surface area contributed by atoms with Crippen molar-refractivity contribution in [2.75, 3.05) is 5.32 Å². The summed E-state index contributed by atoms with van der Waals surface area (Å²) in [7, 11) is 1.70. The standard InChI is InChI=1S/C23H23N5O2/c1-4-8-19(29)25-22-15(2)21(26-28(22)18-9-6-5-7-10-18)17-13-16-11-12-20(30)27(3)23(16)24-14-17/h5-7,9-14H,4,8H2,1-3H3,(H,25,29). The predicted molar refractivity (Wildman–Crippen MR) is 118 cm³/mol. The van der Waals surface area contributed by atoms with Gasteiger partial charge in [-0.2, -0.15) is 5.10 Å². The van der Waals surface area contributed by atoms with Crippen LogP contribution in [0.4, 0.5) is 5.82 Å². The fraction of sp³-hybridized carbons (Fsp3) is 0.217. The second-order valence-corrected chi connectivity index (χ2v) is 7.24. The first-order chi connectivity index (χ1) is 14.5. The van der Waals surface area contributed by atoms with E-state index in [2.05, 4.69) is 10.3 Å². The lowest BCUT2D eigenvalue weighted by molar-refractivity contribution is -0.116. The van der Waals surface area contributed by atoms with Crippen LogP contribution < -0.4 is 10.9 Å². The van der Waals surface area contributed by atoms with Crippen molar-refractivity contribution < 1.29 is 4.79 Å². The Balaban J connectivity index is 1.87. The number of carbonyl (C=O) groups excluding carboxylic acids is 1. The molecule has 7 nitrogen and oxygen atoms in total. The topological polar surface area (TPSA) is 81.8 Å². The van der Waals surface area contributed by atoms with Crippen LogP contribution in [-0.2, 0) is 11.8 Å². The molecule has 0 atom stereocenters. The van der Waals surface area contributed by atoms with Crippen LogP contribution in [0.25, 0.3) is 28.0 Å². The fourth-order valence-corrected chi connectivity index (χ4v) is 3.48. The molecule has 3 aromatic heterocycles. The minimum Gasteiger partial charge on any atom is -0.310 e. The molecule has 4 aromatic rings. The Morgan fingerprint density at radius 1 is 1.13 bits per heavy atom. The molecule has 0 fully saturated rings. The SMILES string of the molecule is CCCC(=O)Nc1c(C)c(-c2cnc3c(ccc(=O)n3C)c2)nn1-c1ccccc1. The van der Waals surface area contributed by atoms with Gasteiger partial charge in [-0.15, -0.1) is 0 Å². The van der Waals surface area contributed by atoms with Gasteiger partial charge in [0.05, 0.1) is 11.4 Å². The molecule has 4 rings (SSSR count). The first-order valence-electron chi connectivity index (χ1n) is 9.90. The van der Waals surface area contributed by atoms with Crippen LogP contribution in [0.3, 0.4) is 0 Å². The molecule has 7 heteroatoms. The highest BCUT2D eigenvalue weighted by molar-refractivity contribution is 5.92. The summed E-state index contributed by atoms with van der Waals surface area (Å²) in [5.41, 5.74) is 3.77. The number of carbonyl (C=O) groups is 1. The monoisotopic (exact) mass is 401 g/mol. The van der Waals surface area contributed by atoms with Crippen LogP contribution in [0.2, 0.25) is 0 Å². The van der Waals surface area contributed by atoms with Crippen LogP contribution in [0.5, 0.6) is 0 Å². The Morgan fingerprint density at radius 2 is 1.90 bits per heavy atom. The number of para-hydroxylation sites is 1. The maximum Gasteiger partial charge on any atom is 0.251 e. The van der Waals surface area contributed by atoms with Gasteiger partial charge in [0.25, 0.3) is 5.56 Å². The van der Waals surface area contributed by atoms with E-state index < -0.39 is 0 Å². The second-order valence-electron chi connectivity index (χ2n) is 7.24. The smallest absolute Gasteiger partial charge is 0.251 e. The Bertz CT molecular complexity index is 1290. The lowest BCUT2D eigenvalue weighted by Gasteiger charge is -2.09. The molecule has 0 spiro atoms. The Morgan fingerprint density at radius 3 is 2.63 bits per heavy atom. The number of nitrogens with one attached hydrogen (secondary N) is 1. The molecule has 1 N–H and O–H groups in total. The van der Waals surface area contributed by atoms with Gasteiger partial charge in [-0.05, 0) is 37.6 Å². The maximum atomic E-state index is 12.3. The van der Waals surface area contributed by atoms with Crippen molar-refractivity contribution in [3.05, 3.63) is 70.6 Å². The van der Waals surface area contributed by atoms with Crippen molar-refractivity contribution in [1.29, 1.82) is 0 Å². The van der Waals surface area contributed by atoms with E-state index >= 15 is 0 Å². The molecule has 0 saturated carbocycles. The number of benzene rings is 1. The number of aromatic nitrogens is 4. The largest absolute Gasteiger partial charge is 0.310 e. The first-order valence-corrected chi connectivity index (χ1v) is 9.90. The number of amides is 1. The maximum absolute atomic E-state index is 12.3. The van der Waals surface area contributed by atoms with Gasteiger partial charge in [0, 0.05) is 42.2 Å². The number of pyridine rings is 2. The van der Waals surface area contributed by atoms with E-state index in [4.69, 9.17) is 5.10 Å². The second kappa shape index (κ2) is 7.94. The third-order valence-electron chi connectivity index (χ3n) is 5.08. The van der Waals surface area contributed by atoms with Crippen LogP contribution in [0.15, 0.2) is 59.5 Å². The number of fused-ring (bicyclic) bond motifs is 1. The number of nitrogens with zero attached hydrogens (tertiary/aromatic N) is 4. The zero-order valence-electron chi connectivity index (χ0n) is 17.2. The van der Waals surface area contributed by atoms with E-state index in [9.17, 15) is 9.59 Å². The minimum atomic E-state index is -0.104. The summed E-state index contributed by atoms with van der Waals surface area (Å²) < 4.78 is 3.27. The van der Waals surface area contributed by atoms with Gasteiger partial charge in [0.15, 0.2) is 0 Å². The van der Waals surface area contributed by atoms with Gasteiger partial charge >= 0.3 is 0 Å². The quantitative estimate of drug-likeness (QED) is 0.551. The Hall–Kier alpha value is -3.74. The highest BCUT2D eigenvalue weighted by Crippen LogP contribution is 2.31. The van der Waals surface area contributed by atoms with Gasteiger partial charge in [-0.3, -0.25) is 14.2 Å². The van der Waals surface area contributed by atoms with Crippen molar-refractivity contribution in [2.24, 2.45) is 7.05 Å². The first kappa shape index (κ1) is 19.6. The van der Waals surface area contributed by atoms with Crippen molar-refractivity contribution in [3.63, 3.8) is 0 Å². The number of rotatable bonds is 5. The lowest BCUT2D eigenvalue weighted by Crippen LogP contribution is -2.15. The summed E-state index contributed by atoms with van der Waals surface area (Å²) in [5, 5.41) is 8.67. The summed E-state index contributed by atoms with van der Waals surface area (Å²) in [5.74, 6) is 0.603. The summed E-state index contributed by atoms with van der Waals surface area (Å²) in [6.07, 6.45) is 2.93. The molecule has 1 amide bonds. The van der Waals surface area contributed by atoms with Crippen LogP contribution in [0.1, 0.15) is 25.3 Å². The molecule has 152 valence electrons. The predicted octanol–water partition coefficient (Wildman–Crippen LogP) is 3.83. The molecule has 0 unspecified atom stereocenters. The molecule has 1 aromatic carbocycles. The van der Waals surface area contributed by atoms with Crippen molar-refractivity contribution >= 4 is 22.8 Å². The van der Waals surface area contributed by atoms with E-state index in [1.807, 2.05) is 50.2 Å². The zero-order valence-corrected chi connectivity index (χ0v) is 17.2. The summed E-state index contributed by atoms with van der Waals surface area (Å²) in [4.78, 5) is 28.7. The third kappa shape index (κ3) is 3.50. The van der Waals surface area contributed by atoms with Crippen LogP contribution >= 0.6 is 0 Å². The molecule has 0 aliphatic rings. The highest BCUT2D eigenvalue weighted by Gasteiger charge is 2.19. The fourth-order valence-electron chi connectivity index (χ4n) is 3.48. The number of hydrogen-bond acceptors (Lipinski definition) is 4. The zero-order chi connectivity index (χ0) is 21.3. The highest BCUT2D eigenvalue weighted by atomic mass is 16.1. The summed E-state index contributed by atoms with van der Waals surface area (Å²) in [6.45, 7) is 3.91. The molecule has 0 aliphatic carbocycles. The molecule has 30 heavy (non-hydrogen) atoms. The molecule has 0 aliphatic heterocycles. The van der Waals surface area contributed by atoms with E-state index in [0.29, 0.717) is 17.9 Å². The molecular weight excluding hydrogens is 378 g/mol. The van der Waals surface area contributed by atoms with Gasteiger partial charge < -0.3 is 5.32 Å². The van der Waals surface area contributed by atoms with Crippen molar-refractivity contribution in [2.45, 2.75) is 26.7 Å². The normalized spacial score (nSPS) is 11.0. The average molecular weight is 401 g/mol. The lowest BCUT2D eigenvalue weighted by atomic mass is 10.1. The van der Waals surface area contributed by atoms with E-state index in [-0.39, 0.29) is 11.5 Å². The van der Waals surface area contributed by atoms with Crippen LogP contribution in [-0.4, -0.2) is 25.2 Å². The number of aryl methyl sites for hydroxylation is 1. The molecule has 0 bridgehead atoms. The number of hydrogen-bond donors (Lipinski definition) is 1. The van der Waals surface area contributed by atoms with Gasteiger partial charge in [0.2, 0.25) is 5.91 Å². The van der Waals surface area contributed by atoms with Crippen molar-refractivity contribution in [1.82, 2.24) is 19.3 Å². The van der Waals surface area contributed by atoms with Crippen molar-refractivity contribution in [3.8, 4) is 16.9 Å². The average Bonchev–Trinajstić information content (AvgIpc) is 3.07. The van der Waals surface area contributed by atoms with Gasteiger partial charge in [0.1, 0.15) is 11.5 Å². The molecule has 0 radical (unpaired) electrons. The summed E-state index contributed by atoms with van der Waals surface area (Å²) >= 11 is 0. The molecule has 3 heterocycles. The van der Waals surface area contributed by atoms with E-state index in [1.165, 1.54) is 10.6 Å². The van der Waals surface area contributed by atoms with E-state index in [0.717, 1.165) is 34.3 Å². The summed E-state index contributed by atoms with van der Waals surface area (Å²) in [6, 6.07) is 14.9. The molecular formula is C23H23N5O2. The Kier molecular flexibility index (Phi) is 5.18. The third-order valence-corrected chi connectivity index (χ3v) is 5.08. The Labute approximate surface area is 174 Å². The van der Waals surface area contributed by atoms with E-state index in [1.54, 1.807) is 24.0 Å². The van der Waals surface area contributed by atoms with Crippen LogP contribution in [0, 0.1) is 6.92 Å². The van der Waals surface area contributed by atoms with Gasteiger partial charge in [-0.25, -0.2) is 9.67 Å². The number of anilines is 1.